The Morgan fingerprint density at radius 1 is 1.19 bits per heavy atom. The molecule has 0 amide bonds. The van der Waals surface area contributed by atoms with Gasteiger partial charge in [0.15, 0.2) is 0 Å². The molecule has 0 spiro atoms. The van der Waals surface area contributed by atoms with Gasteiger partial charge in [-0.25, -0.2) is 0 Å². The molecule has 0 aliphatic rings. The van der Waals surface area contributed by atoms with E-state index in [1.807, 2.05) is 6.07 Å². The molecule has 0 radical (unpaired) electrons. The van der Waals surface area contributed by atoms with E-state index in [-0.39, 0.29) is 40.4 Å². The van der Waals surface area contributed by atoms with E-state index in [0.717, 1.165) is 12.3 Å². The van der Waals surface area contributed by atoms with Crippen molar-refractivity contribution in [1.29, 1.82) is 0 Å². The smallest absolute Gasteiger partial charge is 0 e. The maximum atomic E-state index is 3.76. The predicted octanol–water partition coefficient (Wildman–Crippen LogP) is 4.88. The Kier molecular flexibility index (Phi) is 15.0. The quantitative estimate of drug-likeness (QED) is 0.523. The van der Waals surface area contributed by atoms with Crippen molar-refractivity contribution in [2.45, 2.75) is 39.3 Å². The SMILES string of the molecule is CC(P)c1ccccc1.[CH2-]CC(C)CC.[Sm]. The first-order valence-electron chi connectivity index (χ1n) is 5.71. The van der Waals surface area contributed by atoms with Gasteiger partial charge in [-0.3, -0.25) is 0 Å². The van der Waals surface area contributed by atoms with E-state index >= 15 is 0 Å². The van der Waals surface area contributed by atoms with Gasteiger partial charge in [0.2, 0.25) is 0 Å². The molecule has 0 heterocycles. The van der Waals surface area contributed by atoms with Gasteiger partial charge < -0.3 is 6.92 Å². The van der Waals surface area contributed by atoms with Gasteiger partial charge in [0.1, 0.15) is 0 Å². The Balaban J connectivity index is 0. The second kappa shape index (κ2) is 12.4. The van der Waals surface area contributed by atoms with Crippen LogP contribution in [0.1, 0.15) is 44.8 Å². The van der Waals surface area contributed by atoms with Gasteiger partial charge in [-0.15, -0.1) is 9.24 Å². The summed E-state index contributed by atoms with van der Waals surface area (Å²) >= 11 is 0. The van der Waals surface area contributed by atoms with Crippen LogP contribution < -0.4 is 0 Å². The summed E-state index contributed by atoms with van der Waals surface area (Å²) < 4.78 is 0. The average molecular weight is 374 g/mol. The minimum atomic E-state index is 0. The standard InChI is InChI=1S/C8H11P.C6H13.Sm/c1-7(9)8-5-3-2-4-6-8;1-4-6(3)5-2;/h2-7H,9H2,1H3;6H,1,4-5H2,2-3H3;/q;-1;. The molecule has 0 saturated heterocycles. The molecule has 0 saturated carbocycles. The molecule has 16 heavy (non-hydrogen) atoms. The maximum Gasteiger partial charge on any atom is 0 e. The molecule has 3 unspecified atom stereocenters. The Hall–Kier alpha value is 0.988. The second-order valence-corrected chi connectivity index (χ2v) is 5.00. The molecule has 0 nitrogen and oxygen atoms in total. The molecule has 1 rings (SSSR count). The van der Waals surface area contributed by atoms with Crippen LogP contribution in [0.3, 0.4) is 0 Å². The number of benzene rings is 1. The molecule has 0 fully saturated rings. The molecule has 1 aromatic carbocycles. The van der Waals surface area contributed by atoms with Crippen LogP contribution in [0.15, 0.2) is 30.3 Å². The first-order chi connectivity index (χ1) is 7.11. The van der Waals surface area contributed by atoms with Gasteiger partial charge in [0, 0.05) is 40.4 Å². The van der Waals surface area contributed by atoms with Gasteiger partial charge in [0.25, 0.3) is 0 Å². The van der Waals surface area contributed by atoms with Gasteiger partial charge in [-0.2, -0.15) is 6.42 Å². The summed E-state index contributed by atoms with van der Waals surface area (Å²) in [5.41, 5.74) is 1.95. The zero-order valence-electron chi connectivity index (χ0n) is 10.6. The molecular weight excluding hydrogens is 349 g/mol. The molecule has 1 aromatic rings. The molecule has 0 aromatic heterocycles. The third kappa shape index (κ3) is 10.2. The van der Waals surface area contributed by atoms with Crippen molar-refractivity contribution in [3.05, 3.63) is 42.8 Å². The van der Waals surface area contributed by atoms with Crippen molar-refractivity contribution < 1.29 is 40.4 Å². The molecule has 3 atom stereocenters. The van der Waals surface area contributed by atoms with Crippen molar-refractivity contribution in [2.24, 2.45) is 5.92 Å². The van der Waals surface area contributed by atoms with E-state index in [0.29, 0.717) is 5.66 Å². The number of hydrogen-bond acceptors (Lipinski definition) is 0. The third-order valence-electron chi connectivity index (χ3n) is 2.52. The summed E-state index contributed by atoms with van der Waals surface area (Å²) in [6.45, 7) is 10.3. The fraction of sp³-hybridized carbons (Fsp3) is 0.500. The van der Waals surface area contributed by atoms with E-state index < -0.39 is 0 Å². The summed E-state index contributed by atoms with van der Waals surface area (Å²) in [5, 5.41) is 0. The van der Waals surface area contributed by atoms with Crippen molar-refractivity contribution in [1.82, 2.24) is 0 Å². The van der Waals surface area contributed by atoms with E-state index in [1.165, 1.54) is 12.0 Å². The van der Waals surface area contributed by atoms with Crippen LogP contribution in [0.2, 0.25) is 0 Å². The molecule has 0 bridgehead atoms. The first-order valence-corrected chi connectivity index (χ1v) is 6.38. The van der Waals surface area contributed by atoms with E-state index in [2.05, 4.69) is 61.2 Å². The summed E-state index contributed by atoms with van der Waals surface area (Å²) in [6.07, 6.45) is 2.35. The summed E-state index contributed by atoms with van der Waals surface area (Å²) in [7, 11) is 2.77. The fourth-order valence-corrected chi connectivity index (χ4v) is 1.18. The van der Waals surface area contributed by atoms with E-state index in [1.54, 1.807) is 0 Å². The van der Waals surface area contributed by atoms with Crippen LogP contribution in [0, 0.1) is 53.2 Å². The van der Waals surface area contributed by atoms with Crippen molar-refractivity contribution in [3.8, 4) is 0 Å². The molecule has 92 valence electrons. The summed E-state index contributed by atoms with van der Waals surface area (Å²) in [6, 6.07) is 10.4. The van der Waals surface area contributed by atoms with Gasteiger partial charge in [-0.1, -0.05) is 63.4 Å². The molecule has 0 aliphatic carbocycles. The van der Waals surface area contributed by atoms with Crippen LogP contribution in [0.4, 0.5) is 0 Å². The van der Waals surface area contributed by atoms with Gasteiger partial charge >= 0.3 is 0 Å². The number of hydrogen-bond donors (Lipinski definition) is 0. The minimum Gasteiger partial charge on any atom is -0.343 e. The van der Waals surface area contributed by atoms with Crippen LogP contribution in [-0.4, -0.2) is 0 Å². The predicted molar refractivity (Wildman–Crippen MR) is 74.0 cm³/mol. The van der Waals surface area contributed by atoms with Crippen LogP contribution in [0.5, 0.6) is 0 Å². The molecule has 0 N–H and O–H groups in total. The zero-order chi connectivity index (χ0) is 11.7. The van der Waals surface area contributed by atoms with Gasteiger partial charge in [-0.05, 0) is 11.2 Å². The van der Waals surface area contributed by atoms with E-state index in [9.17, 15) is 0 Å². The summed E-state index contributed by atoms with van der Waals surface area (Å²) in [5.74, 6) is 0.824. The normalized spacial score (nSPS) is 12.8. The monoisotopic (exact) mass is 375 g/mol. The fourth-order valence-electron chi connectivity index (χ4n) is 0.961. The Morgan fingerprint density at radius 3 is 1.88 bits per heavy atom. The molecular formula is C14H24PSm-. The van der Waals surface area contributed by atoms with E-state index in [4.69, 9.17) is 0 Å². The zero-order valence-corrected chi connectivity index (χ0v) is 14.4. The Bertz CT molecular complexity index is 230. The molecule has 2 heteroatoms. The van der Waals surface area contributed by atoms with Crippen molar-refractivity contribution in [3.63, 3.8) is 0 Å². The third-order valence-corrected chi connectivity index (χ3v) is 2.90. The van der Waals surface area contributed by atoms with Crippen LogP contribution in [0.25, 0.3) is 0 Å². The Morgan fingerprint density at radius 2 is 1.69 bits per heavy atom. The van der Waals surface area contributed by atoms with Crippen molar-refractivity contribution >= 4 is 9.24 Å². The molecule has 0 aliphatic heterocycles. The average Bonchev–Trinajstić information content (AvgIpc) is 2.30. The largest absolute Gasteiger partial charge is 0.343 e. The summed E-state index contributed by atoms with van der Waals surface area (Å²) in [4.78, 5) is 0. The number of rotatable bonds is 3. The van der Waals surface area contributed by atoms with Crippen molar-refractivity contribution in [2.75, 3.05) is 0 Å². The second-order valence-electron chi connectivity index (χ2n) is 4.00. The topological polar surface area (TPSA) is 0 Å². The van der Waals surface area contributed by atoms with Gasteiger partial charge in [0.05, 0.1) is 0 Å². The van der Waals surface area contributed by atoms with Crippen LogP contribution >= 0.6 is 9.24 Å². The first kappa shape index (κ1) is 19.3. The maximum absolute atomic E-state index is 3.76. The Labute approximate surface area is 136 Å². The minimum absolute atomic E-state index is 0. The van der Waals surface area contributed by atoms with Crippen LogP contribution in [-0.2, 0) is 0 Å².